The van der Waals surface area contributed by atoms with Gasteiger partial charge in [0.1, 0.15) is 5.82 Å². The smallest absolute Gasteiger partial charge is 0.134 e. The molecule has 1 aromatic heterocycles. The third-order valence-corrected chi connectivity index (χ3v) is 3.52. The van der Waals surface area contributed by atoms with Gasteiger partial charge in [0.05, 0.1) is 17.3 Å². The van der Waals surface area contributed by atoms with Gasteiger partial charge in [-0.3, -0.25) is 0 Å². The molecule has 102 valence electrons. The maximum absolute atomic E-state index is 9.06. The van der Waals surface area contributed by atoms with Crippen LogP contribution in [0.3, 0.4) is 0 Å². The predicted octanol–water partition coefficient (Wildman–Crippen LogP) is 4.26. The fourth-order valence-electron chi connectivity index (χ4n) is 2.53. The van der Waals surface area contributed by atoms with Gasteiger partial charge < -0.3 is 4.90 Å². The van der Waals surface area contributed by atoms with Crippen molar-refractivity contribution in [1.82, 2.24) is 4.98 Å². The zero-order valence-corrected chi connectivity index (χ0v) is 11.8. The van der Waals surface area contributed by atoms with Gasteiger partial charge in [0.2, 0.25) is 0 Å². The topological polar surface area (TPSA) is 39.9 Å². The molecule has 0 aliphatic heterocycles. The molecule has 0 fully saturated rings. The Morgan fingerprint density at radius 2 is 1.90 bits per heavy atom. The second kappa shape index (κ2) is 5.64. The van der Waals surface area contributed by atoms with Crippen LogP contribution in [0.5, 0.6) is 0 Å². The normalized spacial score (nSPS) is 10.3. The van der Waals surface area contributed by atoms with E-state index in [2.05, 4.69) is 53.2 Å². The molecular weight excluding hydrogens is 258 g/mol. The first-order chi connectivity index (χ1) is 10.3. The summed E-state index contributed by atoms with van der Waals surface area (Å²) in [6, 6.07) is 20.3. The molecule has 0 unspecified atom stereocenters. The van der Waals surface area contributed by atoms with Gasteiger partial charge in [0.25, 0.3) is 0 Å². The lowest BCUT2D eigenvalue weighted by atomic mass is 10.1. The Morgan fingerprint density at radius 1 is 1.10 bits per heavy atom. The monoisotopic (exact) mass is 273 g/mol. The van der Waals surface area contributed by atoms with Crippen LogP contribution in [0.1, 0.15) is 12.5 Å². The van der Waals surface area contributed by atoms with E-state index in [9.17, 15) is 0 Å². The fourth-order valence-corrected chi connectivity index (χ4v) is 2.53. The summed E-state index contributed by atoms with van der Waals surface area (Å²) < 4.78 is 0. The Bertz CT molecular complexity index is 813. The van der Waals surface area contributed by atoms with Crippen LogP contribution >= 0.6 is 0 Å². The Kier molecular flexibility index (Phi) is 3.53. The van der Waals surface area contributed by atoms with Crippen LogP contribution in [-0.4, -0.2) is 11.5 Å². The summed E-state index contributed by atoms with van der Waals surface area (Å²) in [5.41, 5.74) is 1.73. The Hall–Kier alpha value is -2.86. The molecule has 0 atom stereocenters. The molecule has 0 aliphatic rings. The van der Waals surface area contributed by atoms with Crippen LogP contribution in [0.2, 0.25) is 0 Å². The molecule has 0 saturated carbocycles. The standard InChI is InChI=1S/C18H15N3/c1-2-21(18-12-14(13-19)10-11-20-18)17-9-5-7-15-6-3-4-8-16(15)17/h3-12H,2H2,1H3. The lowest BCUT2D eigenvalue weighted by molar-refractivity contribution is 0.994. The number of nitrogens with zero attached hydrogens (tertiary/aromatic N) is 3. The first kappa shape index (κ1) is 13.1. The fraction of sp³-hybridized carbons (Fsp3) is 0.111. The minimum atomic E-state index is 0.624. The highest BCUT2D eigenvalue weighted by Crippen LogP contribution is 2.31. The highest BCUT2D eigenvalue weighted by molar-refractivity contribution is 5.95. The number of hydrogen-bond acceptors (Lipinski definition) is 3. The van der Waals surface area contributed by atoms with E-state index in [0.29, 0.717) is 5.56 Å². The van der Waals surface area contributed by atoms with Gasteiger partial charge in [0.15, 0.2) is 0 Å². The molecule has 0 radical (unpaired) electrons. The Morgan fingerprint density at radius 3 is 2.71 bits per heavy atom. The molecule has 3 rings (SSSR count). The number of benzene rings is 2. The molecule has 1 heterocycles. The van der Waals surface area contributed by atoms with E-state index < -0.39 is 0 Å². The van der Waals surface area contributed by atoms with Crippen molar-refractivity contribution in [2.45, 2.75) is 6.92 Å². The van der Waals surface area contributed by atoms with Crippen molar-refractivity contribution in [2.24, 2.45) is 0 Å². The number of nitriles is 1. The van der Waals surface area contributed by atoms with Gasteiger partial charge in [0, 0.05) is 18.1 Å². The summed E-state index contributed by atoms with van der Waals surface area (Å²) in [6.45, 7) is 2.87. The highest BCUT2D eigenvalue weighted by Gasteiger charge is 2.12. The minimum absolute atomic E-state index is 0.624. The predicted molar refractivity (Wildman–Crippen MR) is 85.6 cm³/mol. The molecular formula is C18H15N3. The number of pyridine rings is 1. The summed E-state index contributed by atoms with van der Waals surface area (Å²) in [4.78, 5) is 6.54. The lowest BCUT2D eigenvalue weighted by Crippen LogP contribution is -2.17. The number of rotatable bonds is 3. The second-order valence-corrected chi connectivity index (χ2v) is 4.76. The minimum Gasteiger partial charge on any atom is -0.326 e. The van der Waals surface area contributed by atoms with Crippen LogP contribution in [0, 0.1) is 11.3 Å². The summed E-state index contributed by atoms with van der Waals surface area (Å²) >= 11 is 0. The van der Waals surface area contributed by atoms with E-state index in [1.54, 1.807) is 12.3 Å². The average Bonchev–Trinajstić information content (AvgIpc) is 2.56. The van der Waals surface area contributed by atoms with Crippen molar-refractivity contribution >= 4 is 22.3 Å². The SMILES string of the molecule is CCN(c1cc(C#N)ccn1)c1cccc2ccccc12. The van der Waals surface area contributed by atoms with Crippen LogP contribution in [0.15, 0.2) is 60.8 Å². The molecule has 3 heteroatoms. The van der Waals surface area contributed by atoms with Gasteiger partial charge in [-0.2, -0.15) is 5.26 Å². The molecule has 0 bridgehead atoms. The second-order valence-electron chi connectivity index (χ2n) is 4.76. The third-order valence-electron chi connectivity index (χ3n) is 3.52. The molecule has 0 amide bonds. The van der Waals surface area contributed by atoms with E-state index in [1.165, 1.54) is 10.8 Å². The average molecular weight is 273 g/mol. The first-order valence-corrected chi connectivity index (χ1v) is 6.95. The molecule has 3 nitrogen and oxygen atoms in total. The van der Waals surface area contributed by atoms with Crippen LogP contribution < -0.4 is 4.90 Å². The molecule has 3 aromatic rings. The molecule has 0 spiro atoms. The van der Waals surface area contributed by atoms with E-state index in [-0.39, 0.29) is 0 Å². The van der Waals surface area contributed by atoms with E-state index in [0.717, 1.165) is 18.1 Å². The number of hydrogen-bond donors (Lipinski definition) is 0. The molecule has 0 N–H and O–H groups in total. The van der Waals surface area contributed by atoms with Crippen molar-refractivity contribution in [2.75, 3.05) is 11.4 Å². The number of fused-ring (bicyclic) bond motifs is 1. The summed E-state index contributed by atoms with van der Waals surface area (Å²) in [6.07, 6.45) is 1.68. The van der Waals surface area contributed by atoms with Crippen LogP contribution in [-0.2, 0) is 0 Å². The quantitative estimate of drug-likeness (QED) is 0.715. The van der Waals surface area contributed by atoms with Crippen LogP contribution in [0.4, 0.5) is 11.5 Å². The highest BCUT2D eigenvalue weighted by atomic mass is 15.2. The van der Waals surface area contributed by atoms with Crippen molar-refractivity contribution < 1.29 is 0 Å². The summed E-state index contributed by atoms with van der Waals surface area (Å²) in [5.74, 6) is 0.799. The van der Waals surface area contributed by atoms with Crippen molar-refractivity contribution in [3.05, 3.63) is 66.4 Å². The summed E-state index contributed by atoms with van der Waals surface area (Å²) in [5, 5.41) is 11.4. The Labute approximate surface area is 124 Å². The zero-order chi connectivity index (χ0) is 14.7. The largest absolute Gasteiger partial charge is 0.326 e. The van der Waals surface area contributed by atoms with Gasteiger partial charge in [-0.05, 0) is 30.5 Å². The molecule has 21 heavy (non-hydrogen) atoms. The number of aromatic nitrogens is 1. The molecule has 0 saturated heterocycles. The zero-order valence-electron chi connectivity index (χ0n) is 11.8. The van der Waals surface area contributed by atoms with Crippen molar-refractivity contribution in [3.63, 3.8) is 0 Å². The van der Waals surface area contributed by atoms with E-state index in [1.807, 2.05) is 18.2 Å². The summed E-state index contributed by atoms with van der Waals surface area (Å²) in [7, 11) is 0. The van der Waals surface area contributed by atoms with E-state index >= 15 is 0 Å². The third kappa shape index (κ3) is 2.44. The van der Waals surface area contributed by atoms with Gasteiger partial charge in [-0.25, -0.2) is 4.98 Å². The van der Waals surface area contributed by atoms with Crippen molar-refractivity contribution in [3.8, 4) is 6.07 Å². The first-order valence-electron chi connectivity index (χ1n) is 6.95. The van der Waals surface area contributed by atoms with Gasteiger partial charge >= 0.3 is 0 Å². The molecule has 0 aliphatic carbocycles. The lowest BCUT2D eigenvalue weighted by Gasteiger charge is -2.23. The van der Waals surface area contributed by atoms with E-state index in [4.69, 9.17) is 5.26 Å². The number of anilines is 2. The van der Waals surface area contributed by atoms with Gasteiger partial charge in [-0.1, -0.05) is 36.4 Å². The van der Waals surface area contributed by atoms with Crippen molar-refractivity contribution in [1.29, 1.82) is 5.26 Å². The Balaban J connectivity index is 2.16. The maximum Gasteiger partial charge on any atom is 0.134 e. The molecule has 2 aromatic carbocycles. The van der Waals surface area contributed by atoms with Crippen LogP contribution in [0.25, 0.3) is 10.8 Å². The maximum atomic E-state index is 9.06. The van der Waals surface area contributed by atoms with Gasteiger partial charge in [-0.15, -0.1) is 0 Å².